The van der Waals surface area contributed by atoms with Crippen LogP contribution in [0.2, 0.25) is 20.1 Å². The van der Waals surface area contributed by atoms with Crippen molar-refractivity contribution in [2.24, 2.45) is 5.41 Å². The number of carbonyl (C=O) groups excluding carboxylic acids is 4. The van der Waals surface area contributed by atoms with E-state index in [4.69, 9.17) is 66.1 Å². The lowest BCUT2D eigenvalue weighted by Crippen LogP contribution is -2.51. The number of nitrogens with one attached hydrogen (secondary N) is 1. The van der Waals surface area contributed by atoms with Crippen LogP contribution in [0.3, 0.4) is 0 Å². The number of carbonyl (C=O) groups is 4. The smallest absolute Gasteiger partial charge is 0.359 e. The monoisotopic (exact) mass is 1290 g/mol. The van der Waals surface area contributed by atoms with Crippen LogP contribution in [0.4, 0.5) is 0 Å². The highest BCUT2D eigenvalue weighted by atomic mass is 35.5. The number of nitrogens with zero attached hydrogens (tertiary/aromatic N) is 4. The van der Waals surface area contributed by atoms with Gasteiger partial charge in [-0.05, 0) is 67.3 Å². The van der Waals surface area contributed by atoms with Crippen LogP contribution >= 0.6 is 46.4 Å². The molecular weight excluding hydrogens is 1190 g/mol. The van der Waals surface area contributed by atoms with Gasteiger partial charge >= 0.3 is 11.9 Å². The van der Waals surface area contributed by atoms with Crippen molar-refractivity contribution in [3.63, 3.8) is 0 Å². The third kappa shape index (κ3) is 26.1. The third-order valence-corrected chi connectivity index (χ3v) is 17.5. The second-order valence-corrected chi connectivity index (χ2v) is 26.3. The fourth-order valence-electron chi connectivity index (χ4n) is 10.9. The van der Waals surface area contributed by atoms with Crippen molar-refractivity contribution in [3.8, 4) is 0 Å². The van der Waals surface area contributed by atoms with Crippen LogP contribution < -0.4 is 5.32 Å². The Morgan fingerprint density at radius 3 is 1.20 bits per heavy atom. The molecule has 0 spiro atoms. The predicted octanol–water partition coefficient (Wildman–Crippen LogP) is 18.9. The van der Waals surface area contributed by atoms with Gasteiger partial charge in [-0.15, -0.1) is 0 Å². The van der Waals surface area contributed by atoms with E-state index >= 15 is 0 Å². The Balaban J connectivity index is 0.000000496. The van der Waals surface area contributed by atoms with Gasteiger partial charge in [-0.1, -0.05) is 270 Å². The number of benzene rings is 4. The van der Waals surface area contributed by atoms with Crippen LogP contribution in [-0.4, -0.2) is 85.4 Å². The van der Waals surface area contributed by atoms with Gasteiger partial charge in [0.05, 0.1) is 42.9 Å². The second-order valence-electron chi connectivity index (χ2n) is 24.6. The zero-order chi connectivity index (χ0) is 63.6. The maximum atomic E-state index is 13.9. The molecular formula is C71H99Cl4N5O8. The lowest BCUT2D eigenvalue weighted by atomic mass is 9.85. The summed E-state index contributed by atoms with van der Waals surface area (Å²) in [6.45, 7) is 7.66. The first-order valence-corrected chi connectivity index (χ1v) is 34.2. The first-order valence-electron chi connectivity index (χ1n) is 32.7. The molecule has 3 N–H and O–H groups in total. The van der Waals surface area contributed by atoms with E-state index in [-0.39, 0.29) is 55.9 Å². The number of aliphatic hydroxyl groups excluding tert-OH is 2. The van der Waals surface area contributed by atoms with Crippen molar-refractivity contribution in [3.05, 3.63) is 128 Å². The molecule has 0 atom stereocenters. The molecule has 13 nitrogen and oxygen atoms in total. The van der Waals surface area contributed by atoms with Crippen molar-refractivity contribution in [2.45, 2.75) is 233 Å². The molecule has 0 unspecified atom stereocenters. The third-order valence-electron chi connectivity index (χ3n) is 16.3. The van der Waals surface area contributed by atoms with Gasteiger partial charge in [0.2, 0.25) is 5.91 Å². The number of amides is 1. The van der Waals surface area contributed by atoms with E-state index in [1.165, 1.54) is 135 Å². The average molecular weight is 1290 g/mol. The van der Waals surface area contributed by atoms with Crippen LogP contribution in [0.5, 0.6) is 0 Å². The van der Waals surface area contributed by atoms with Gasteiger partial charge in [0.15, 0.2) is 11.4 Å². The number of fused-ring (bicyclic) bond motifs is 2. The summed E-state index contributed by atoms with van der Waals surface area (Å²) >= 11 is 25.3. The number of unbranched alkanes of at least 4 members (excludes halogenated alkanes) is 24. The van der Waals surface area contributed by atoms with Gasteiger partial charge in [-0.3, -0.25) is 19.0 Å². The van der Waals surface area contributed by atoms with E-state index < -0.39 is 22.9 Å². The molecule has 0 saturated carbocycles. The van der Waals surface area contributed by atoms with E-state index in [1.807, 2.05) is 60.7 Å². The number of hydrogen-bond acceptors (Lipinski definition) is 10. The molecule has 484 valence electrons. The number of aliphatic hydroxyl groups is 2. The molecule has 1 amide bonds. The van der Waals surface area contributed by atoms with Crippen LogP contribution in [0.15, 0.2) is 84.9 Å². The molecule has 17 heteroatoms. The number of halogens is 4. The van der Waals surface area contributed by atoms with E-state index in [1.54, 1.807) is 47.5 Å². The molecule has 2 aromatic heterocycles. The number of para-hydroxylation sites is 2. The molecule has 2 heterocycles. The van der Waals surface area contributed by atoms with E-state index in [0.717, 1.165) is 54.3 Å². The van der Waals surface area contributed by atoms with Gasteiger partial charge in [0, 0.05) is 55.5 Å². The molecule has 0 aliphatic heterocycles. The molecule has 6 rings (SSSR count). The second kappa shape index (κ2) is 40.7. The number of rotatable bonds is 43. The highest BCUT2D eigenvalue weighted by Gasteiger charge is 2.34. The van der Waals surface area contributed by atoms with Crippen molar-refractivity contribution >= 4 is 91.8 Å². The summed E-state index contributed by atoms with van der Waals surface area (Å²) in [7, 11) is 0. The Bertz CT molecular complexity index is 2900. The predicted molar refractivity (Wildman–Crippen MR) is 360 cm³/mol. The number of Topliss-reactive ketones (excluding diaryl/α,β-unsaturated/α-hetero) is 1. The lowest BCUT2D eigenvalue weighted by Gasteiger charge is -2.27. The molecule has 4 aromatic carbocycles. The zero-order valence-corrected chi connectivity index (χ0v) is 56.0. The first kappa shape index (κ1) is 73.7. The number of esters is 2. The molecule has 0 aliphatic carbocycles. The molecule has 88 heavy (non-hydrogen) atoms. The minimum absolute atomic E-state index is 0.0156. The Morgan fingerprint density at radius 2 is 0.841 bits per heavy atom. The van der Waals surface area contributed by atoms with E-state index in [9.17, 15) is 19.2 Å². The van der Waals surface area contributed by atoms with Crippen LogP contribution in [0.25, 0.3) is 21.8 Å². The topological polar surface area (TPSA) is 175 Å². The molecule has 0 saturated heterocycles. The largest absolute Gasteiger partial charge is 0.460 e. The number of aromatic nitrogens is 4. The maximum absolute atomic E-state index is 13.9. The highest BCUT2D eigenvalue weighted by Crippen LogP contribution is 2.31. The Labute approximate surface area is 544 Å². The minimum atomic E-state index is -1.05. The average Bonchev–Trinajstić information content (AvgIpc) is 3.59. The Kier molecular flexibility index (Phi) is 34.1. The van der Waals surface area contributed by atoms with Gasteiger partial charge < -0.3 is 25.0 Å². The van der Waals surface area contributed by atoms with Crippen molar-refractivity contribution < 1.29 is 38.9 Å². The molecule has 6 aromatic rings. The maximum Gasteiger partial charge on any atom is 0.359 e. The van der Waals surface area contributed by atoms with Crippen LogP contribution in [-0.2, 0) is 32.2 Å². The fraction of sp³-hybridized carbons (Fsp3) is 0.577. The summed E-state index contributed by atoms with van der Waals surface area (Å²) in [6.07, 6.45) is 33.4. The first-order chi connectivity index (χ1) is 42.5. The SMILES string of the molecule is CCCCCCCCCCCCCCCC(=O)CC(C)(COC(=O)c1nn(Cc2ccc(Cl)cc2Cl)c2ccccc12)COC(=O)c1nn(Cc2ccc(Cl)cc2Cl)c2ccccc12.CCCCCCCCCCCCCCCC(=O)NC(C)(CO)CO. The summed E-state index contributed by atoms with van der Waals surface area (Å²) in [5.41, 5.74) is 1.29. The summed E-state index contributed by atoms with van der Waals surface area (Å²) in [5.74, 6) is -1.39. The summed E-state index contributed by atoms with van der Waals surface area (Å²) in [4.78, 5) is 53.2. The summed E-state index contributed by atoms with van der Waals surface area (Å²) in [6, 6.07) is 25.2. The minimum Gasteiger partial charge on any atom is -0.460 e. The highest BCUT2D eigenvalue weighted by molar-refractivity contribution is 6.35. The van der Waals surface area contributed by atoms with E-state index in [2.05, 4.69) is 29.4 Å². The molecule has 0 aliphatic rings. The zero-order valence-electron chi connectivity index (χ0n) is 53.0. The summed E-state index contributed by atoms with van der Waals surface area (Å²) < 4.78 is 15.4. The fourth-order valence-corrected chi connectivity index (χ4v) is 11.9. The number of ether oxygens (including phenoxy) is 2. The normalized spacial score (nSPS) is 11.7. The number of ketones is 1. The standard InChI is InChI=1S/C51H58Cl4N4O5.C20H41NO3/c1-3-4-5-6-7-8-9-10-11-12-13-14-15-20-40(60)31-51(2,34-63-49(61)47-41-21-16-18-23-45(41)58(56-47)32-36-25-27-38(52)29-43(36)54)35-64-50(62)48-42-22-17-19-24-46(42)59(57-48)33-37-26-28-39(53)30-44(37)55;1-3-4-5-6-7-8-9-10-11-12-13-14-15-16-19(24)21-20(2,17-22)18-23/h16-19,21-30H,3-15,20,31-35H2,1-2H3;22-23H,3-18H2,1-2H3,(H,21,24). The van der Waals surface area contributed by atoms with Crippen molar-refractivity contribution in [2.75, 3.05) is 26.4 Å². The van der Waals surface area contributed by atoms with Gasteiger partial charge in [0.1, 0.15) is 19.0 Å². The summed E-state index contributed by atoms with van der Waals surface area (Å²) in [5, 5.41) is 33.5. The van der Waals surface area contributed by atoms with Gasteiger partial charge in [0.25, 0.3) is 0 Å². The van der Waals surface area contributed by atoms with Crippen molar-refractivity contribution in [1.29, 1.82) is 0 Å². The molecule has 0 fully saturated rings. The Morgan fingerprint density at radius 1 is 0.489 bits per heavy atom. The van der Waals surface area contributed by atoms with Crippen LogP contribution in [0.1, 0.15) is 246 Å². The Hall–Kier alpha value is -5.02. The molecule has 0 bridgehead atoms. The van der Waals surface area contributed by atoms with E-state index in [0.29, 0.717) is 56.8 Å². The van der Waals surface area contributed by atoms with Gasteiger partial charge in [-0.2, -0.15) is 10.2 Å². The van der Waals surface area contributed by atoms with Gasteiger partial charge in [-0.25, -0.2) is 9.59 Å². The molecule has 0 radical (unpaired) electrons. The quantitative estimate of drug-likeness (QED) is 0.0247. The van der Waals surface area contributed by atoms with Crippen LogP contribution in [0, 0.1) is 5.41 Å². The van der Waals surface area contributed by atoms with Crippen molar-refractivity contribution in [1.82, 2.24) is 24.9 Å². The lowest BCUT2D eigenvalue weighted by molar-refractivity contribution is -0.124. The number of hydrogen-bond donors (Lipinski definition) is 3.